The molecule has 0 saturated carbocycles. The summed E-state index contributed by atoms with van der Waals surface area (Å²) in [5.41, 5.74) is 8.04. The third-order valence-corrected chi connectivity index (χ3v) is 5.38. The first-order chi connectivity index (χ1) is 18.2. The van der Waals surface area contributed by atoms with E-state index in [1.807, 2.05) is 36.5 Å². The standard InChI is InChI=1S/C38H52/c1-33(2)23-19-27-35(5)25-17-15-13-11-9-10-12-14-16-18-26-36(6)29-21-31-38(8)32-22-30-37(7)28-20-24-34(3)4/h9-18,21-26,29-32H,19-20,27-28H2,1-8H3/b10-9+,13-11+,14-12+,17-15+,18-16+,29-21+,32-22+,35-25+,36-26+,37-30+,38-31+. The van der Waals surface area contributed by atoms with Crippen molar-refractivity contribution in [1.29, 1.82) is 0 Å². The molecule has 0 aliphatic heterocycles. The lowest BCUT2D eigenvalue weighted by Gasteiger charge is -1.96. The maximum atomic E-state index is 2.29. The average molecular weight is 509 g/mol. The minimum atomic E-state index is 1.12. The van der Waals surface area contributed by atoms with E-state index in [0.717, 1.165) is 25.7 Å². The topological polar surface area (TPSA) is 0 Å². The van der Waals surface area contributed by atoms with Gasteiger partial charge in [0.2, 0.25) is 0 Å². The minimum Gasteiger partial charge on any atom is -0.0856 e. The van der Waals surface area contributed by atoms with Gasteiger partial charge in [0.05, 0.1) is 0 Å². The third kappa shape index (κ3) is 25.7. The van der Waals surface area contributed by atoms with Gasteiger partial charge in [-0.2, -0.15) is 0 Å². The first-order valence-electron chi connectivity index (χ1n) is 13.8. The van der Waals surface area contributed by atoms with Crippen molar-refractivity contribution in [1.82, 2.24) is 0 Å². The summed E-state index contributed by atoms with van der Waals surface area (Å²) in [6.07, 6.45) is 46.7. The van der Waals surface area contributed by atoms with Crippen molar-refractivity contribution in [3.05, 3.63) is 155 Å². The molecule has 0 aliphatic rings. The van der Waals surface area contributed by atoms with E-state index < -0.39 is 0 Å². The van der Waals surface area contributed by atoms with Crippen molar-refractivity contribution in [3.63, 3.8) is 0 Å². The van der Waals surface area contributed by atoms with E-state index in [-0.39, 0.29) is 0 Å². The molecular formula is C38H52. The molecule has 0 aromatic heterocycles. The number of rotatable bonds is 16. The van der Waals surface area contributed by atoms with Crippen molar-refractivity contribution < 1.29 is 0 Å². The molecule has 0 fully saturated rings. The van der Waals surface area contributed by atoms with Gasteiger partial charge in [-0.1, -0.05) is 155 Å². The largest absolute Gasteiger partial charge is 0.0856 e. The summed E-state index contributed by atoms with van der Waals surface area (Å²) in [6.45, 7) is 17.2. The molecule has 0 atom stereocenters. The predicted octanol–water partition coefficient (Wildman–Crippen LogP) is 12.2. The Labute approximate surface area is 235 Å². The number of hydrogen-bond donors (Lipinski definition) is 0. The molecule has 0 spiro atoms. The highest BCUT2D eigenvalue weighted by Crippen LogP contribution is 2.08. The molecule has 0 aliphatic carbocycles. The van der Waals surface area contributed by atoms with Crippen LogP contribution in [0.3, 0.4) is 0 Å². The van der Waals surface area contributed by atoms with Crippen LogP contribution >= 0.6 is 0 Å². The van der Waals surface area contributed by atoms with Crippen molar-refractivity contribution in [2.75, 3.05) is 0 Å². The van der Waals surface area contributed by atoms with E-state index in [1.165, 1.54) is 33.4 Å². The van der Waals surface area contributed by atoms with E-state index in [2.05, 4.69) is 140 Å². The Morgan fingerprint density at radius 1 is 0.368 bits per heavy atom. The zero-order valence-corrected chi connectivity index (χ0v) is 25.4. The van der Waals surface area contributed by atoms with Gasteiger partial charge in [0.15, 0.2) is 0 Å². The van der Waals surface area contributed by atoms with Crippen LogP contribution in [0.2, 0.25) is 0 Å². The molecule has 0 rings (SSSR count). The van der Waals surface area contributed by atoms with E-state index in [1.54, 1.807) is 0 Å². The van der Waals surface area contributed by atoms with Crippen LogP contribution in [0.25, 0.3) is 0 Å². The summed E-state index contributed by atoms with van der Waals surface area (Å²) >= 11 is 0. The van der Waals surface area contributed by atoms with Crippen LogP contribution < -0.4 is 0 Å². The maximum Gasteiger partial charge on any atom is -0.0285 e. The van der Waals surface area contributed by atoms with Gasteiger partial charge in [-0.25, -0.2) is 0 Å². The van der Waals surface area contributed by atoms with Crippen LogP contribution in [0.4, 0.5) is 0 Å². The van der Waals surface area contributed by atoms with Crippen molar-refractivity contribution in [2.24, 2.45) is 0 Å². The summed E-state index contributed by atoms with van der Waals surface area (Å²) in [6, 6.07) is 0. The van der Waals surface area contributed by atoms with Crippen molar-refractivity contribution >= 4 is 0 Å². The molecule has 0 nitrogen and oxygen atoms in total. The van der Waals surface area contributed by atoms with Crippen molar-refractivity contribution in [3.8, 4) is 0 Å². The van der Waals surface area contributed by atoms with Gasteiger partial charge in [0, 0.05) is 0 Å². The van der Waals surface area contributed by atoms with Crippen molar-refractivity contribution in [2.45, 2.75) is 81.1 Å². The molecule has 0 aromatic carbocycles. The van der Waals surface area contributed by atoms with Gasteiger partial charge in [-0.05, 0) is 81.1 Å². The van der Waals surface area contributed by atoms with Crippen LogP contribution in [-0.4, -0.2) is 0 Å². The Hall–Kier alpha value is -3.38. The molecule has 0 radical (unpaired) electrons. The van der Waals surface area contributed by atoms with Crippen LogP contribution in [0.15, 0.2) is 155 Å². The fourth-order valence-electron chi connectivity index (χ4n) is 3.11. The molecule has 0 N–H and O–H groups in total. The van der Waals surface area contributed by atoms with Crippen LogP contribution in [0.1, 0.15) is 81.1 Å². The second kappa shape index (κ2) is 24.0. The van der Waals surface area contributed by atoms with E-state index in [0.29, 0.717) is 0 Å². The molecule has 0 heteroatoms. The van der Waals surface area contributed by atoms with E-state index in [4.69, 9.17) is 0 Å². The van der Waals surface area contributed by atoms with Crippen LogP contribution in [0, 0.1) is 0 Å². The minimum absolute atomic E-state index is 1.12. The highest BCUT2D eigenvalue weighted by Gasteiger charge is 1.88. The van der Waals surface area contributed by atoms with Gasteiger partial charge in [-0.15, -0.1) is 0 Å². The Morgan fingerprint density at radius 2 is 0.684 bits per heavy atom. The summed E-state index contributed by atoms with van der Waals surface area (Å²) in [5, 5.41) is 0. The Bertz CT molecular complexity index is 1050. The van der Waals surface area contributed by atoms with Crippen LogP contribution in [-0.2, 0) is 0 Å². The molecule has 0 unspecified atom stereocenters. The summed E-state index contributed by atoms with van der Waals surface area (Å²) in [7, 11) is 0. The van der Waals surface area contributed by atoms with Crippen LogP contribution in [0.5, 0.6) is 0 Å². The zero-order valence-electron chi connectivity index (χ0n) is 25.4. The Kier molecular flexibility index (Phi) is 21.9. The second-order valence-electron chi connectivity index (χ2n) is 10.1. The Morgan fingerprint density at radius 3 is 1.11 bits per heavy atom. The predicted molar refractivity (Wildman–Crippen MR) is 176 cm³/mol. The molecule has 0 bridgehead atoms. The molecule has 0 aromatic rings. The Balaban J connectivity index is 4.40. The smallest absolute Gasteiger partial charge is 0.0285 e. The van der Waals surface area contributed by atoms with Gasteiger partial charge in [0.25, 0.3) is 0 Å². The molecule has 0 heterocycles. The first kappa shape index (κ1) is 34.6. The molecule has 38 heavy (non-hydrogen) atoms. The highest BCUT2D eigenvalue weighted by atomic mass is 13.9. The molecule has 0 saturated heterocycles. The first-order valence-corrected chi connectivity index (χ1v) is 13.8. The highest BCUT2D eigenvalue weighted by molar-refractivity contribution is 5.30. The fraction of sp³-hybridized carbons (Fsp3) is 0.316. The third-order valence-electron chi connectivity index (χ3n) is 5.38. The van der Waals surface area contributed by atoms with Gasteiger partial charge >= 0.3 is 0 Å². The quantitative estimate of drug-likeness (QED) is 0.144. The lowest BCUT2D eigenvalue weighted by molar-refractivity contribution is 0.967. The lowest BCUT2D eigenvalue weighted by atomic mass is 10.1. The number of allylic oxidation sites excluding steroid dienone is 26. The summed E-state index contributed by atoms with van der Waals surface area (Å²) in [4.78, 5) is 0. The fourth-order valence-corrected chi connectivity index (χ4v) is 3.11. The van der Waals surface area contributed by atoms with Gasteiger partial charge in [0.1, 0.15) is 0 Å². The SMILES string of the molecule is CC(C)=CCC/C(C)=C/C=C/C=C/C=C/C=C/C=C/C=C(C)/C=C/C=C(C)/C=C/C=C(\C)CCC=C(C)C. The van der Waals surface area contributed by atoms with Gasteiger partial charge < -0.3 is 0 Å². The molecule has 0 amide bonds. The van der Waals surface area contributed by atoms with E-state index >= 15 is 0 Å². The lowest BCUT2D eigenvalue weighted by Crippen LogP contribution is -1.76. The van der Waals surface area contributed by atoms with E-state index in [9.17, 15) is 0 Å². The number of hydrogen-bond acceptors (Lipinski definition) is 0. The summed E-state index contributed by atoms with van der Waals surface area (Å²) in [5.74, 6) is 0. The second-order valence-corrected chi connectivity index (χ2v) is 10.1. The summed E-state index contributed by atoms with van der Waals surface area (Å²) < 4.78 is 0. The normalized spacial score (nSPS) is 14.6. The zero-order chi connectivity index (χ0) is 28.4. The molecular weight excluding hydrogens is 456 g/mol. The van der Waals surface area contributed by atoms with Gasteiger partial charge in [-0.3, -0.25) is 0 Å². The monoisotopic (exact) mass is 508 g/mol. The maximum absolute atomic E-state index is 2.29. The average Bonchev–Trinajstić information content (AvgIpc) is 2.84. The molecule has 204 valence electrons.